The monoisotopic (exact) mass is 370 g/mol. The van der Waals surface area contributed by atoms with E-state index in [2.05, 4.69) is 16.3 Å². The van der Waals surface area contributed by atoms with Gasteiger partial charge in [0.05, 0.1) is 6.61 Å². The van der Waals surface area contributed by atoms with E-state index in [-0.39, 0.29) is 6.61 Å². The Morgan fingerprint density at radius 2 is 1.85 bits per heavy atom. The molecule has 0 fully saturated rings. The molecule has 0 saturated carbocycles. The number of nitrogens with zero attached hydrogens (tertiary/aromatic N) is 2. The maximum Gasteiger partial charge on any atom is 0.276 e. The Kier molecular flexibility index (Phi) is 6.55. The fourth-order valence-corrected chi connectivity index (χ4v) is 2.97. The van der Waals surface area contributed by atoms with Crippen LogP contribution in [0.5, 0.6) is 11.5 Å². The molecule has 3 aromatic rings. The number of benzene rings is 2. The average molecular weight is 370 g/mol. The lowest BCUT2D eigenvalue weighted by molar-refractivity contribution is 0.250. The summed E-state index contributed by atoms with van der Waals surface area (Å²) in [5.74, 6) is 3.07. The molecule has 0 radical (unpaired) electrons. The zero-order valence-electron chi connectivity index (χ0n) is 15.0. The molecule has 0 spiro atoms. The molecule has 0 bridgehead atoms. The minimum Gasteiger partial charge on any atom is -0.494 e. The summed E-state index contributed by atoms with van der Waals surface area (Å²) >= 11 is 1.53. The molecule has 1 aromatic heterocycles. The predicted octanol–water partition coefficient (Wildman–Crippen LogP) is 4.83. The maximum atomic E-state index is 5.78. The Hall–Kier alpha value is -2.47. The van der Waals surface area contributed by atoms with Gasteiger partial charge in [0.15, 0.2) is 6.61 Å². The Morgan fingerprint density at radius 1 is 1.00 bits per heavy atom. The van der Waals surface area contributed by atoms with Crippen LogP contribution < -0.4 is 9.47 Å². The molecule has 2 aromatic carbocycles. The number of rotatable bonds is 9. The largest absolute Gasteiger partial charge is 0.494 e. The second-order valence-corrected chi connectivity index (χ2v) is 6.93. The maximum absolute atomic E-state index is 5.78. The van der Waals surface area contributed by atoms with Crippen LogP contribution in [-0.2, 0) is 6.61 Å². The normalized spacial score (nSPS) is 10.7. The van der Waals surface area contributed by atoms with E-state index in [0.717, 1.165) is 34.8 Å². The highest BCUT2D eigenvalue weighted by Crippen LogP contribution is 2.22. The van der Waals surface area contributed by atoms with E-state index in [1.165, 1.54) is 11.8 Å². The molecule has 0 aliphatic heterocycles. The first-order chi connectivity index (χ1) is 12.7. The van der Waals surface area contributed by atoms with Gasteiger partial charge in [0.25, 0.3) is 11.1 Å². The molecular formula is C20H22N2O3S. The van der Waals surface area contributed by atoms with Crippen LogP contribution in [-0.4, -0.2) is 22.6 Å². The predicted molar refractivity (Wildman–Crippen MR) is 102 cm³/mol. The van der Waals surface area contributed by atoms with E-state index in [1.54, 1.807) is 0 Å². The zero-order valence-corrected chi connectivity index (χ0v) is 15.8. The third-order valence-electron chi connectivity index (χ3n) is 3.67. The van der Waals surface area contributed by atoms with Gasteiger partial charge in [0.2, 0.25) is 0 Å². The standard InChI is InChI=1S/C20H22N2O3S/c1-15-9-10-16(2)18(13-15)24-14-19-21-22-20(25-19)26-12-6-11-23-17-7-4-3-5-8-17/h3-5,7-10,13H,6,11-12,14H2,1-2H3. The Balaban J connectivity index is 1.38. The SMILES string of the molecule is Cc1ccc(C)c(OCc2nnc(SCCCOc3ccccc3)o2)c1. The summed E-state index contributed by atoms with van der Waals surface area (Å²) in [5, 5.41) is 8.65. The van der Waals surface area contributed by atoms with Crippen LogP contribution in [0.2, 0.25) is 0 Å². The second-order valence-electron chi connectivity index (χ2n) is 5.88. The number of hydrogen-bond donors (Lipinski definition) is 0. The second kappa shape index (κ2) is 9.29. The van der Waals surface area contributed by atoms with Crippen LogP contribution in [0.4, 0.5) is 0 Å². The fraction of sp³-hybridized carbons (Fsp3) is 0.300. The Morgan fingerprint density at radius 3 is 2.69 bits per heavy atom. The van der Waals surface area contributed by atoms with Gasteiger partial charge in [-0.1, -0.05) is 42.1 Å². The first-order valence-corrected chi connectivity index (χ1v) is 9.52. The summed E-state index contributed by atoms with van der Waals surface area (Å²) in [6.45, 7) is 4.99. The van der Waals surface area contributed by atoms with Gasteiger partial charge in [0, 0.05) is 5.75 Å². The molecule has 0 aliphatic rings. The number of aryl methyl sites for hydroxylation is 2. The van der Waals surface area contributed by atoms with Crippen molar-refractivity contribution >= 4 is 11.8 Å². The molecule has 0 unspecified atom stereocenters. The summed E-state index contributed by atoms with van der Waals surface area (Å²) in [5.41, 5.74) is 2.24. The summed E-state index contributed by atoms with van der Waals surface area (Å²) in [7, 11) is 0. The first-order valence-electron chi connectivity index (χ1n) is 8.54. The van der Waals surface area contributed by atoms with Crippen molar-refractivity contribution in [2.45, 2.75) is 32.1 Å². The quantitative estimate of drug-likeness (QED) is 0.397. The first kappa shape index (κ1) is 18.3. The number of ether oxygens (including phenoxy) is 2. The van der Waals surface area contributed by atoms with Crippen LogP contribution in [0.25, 0.3) is 0 Å². The Bertz CT molecular complexity index is 821. The van der Waals surface area contributed by atoms with Crippen LogP contribution in [0.3, 0.4) is 0 Å². The highest BCUT2D eigenvalue weighted by atomic mass is 32.2. The molecule has 0 N–H and O–H groups in total. The third-order valence-corrected chi connectivity index (χ3v) is 4.57. The number of hydrogen-bond acceptors (Lipinski definition) is 6. The molecule has 1 heterocycles. The van der Waals surface area contributed by atoms with Gasteiger partial charge in [-0.2, -0.15) is 0 Å². The smallest absolute Gasteiger partial charge is 0.276 e. The van der Waals surface area contributed by atoms with Crippen molar-refractivity contribution in [2.75, 3.05) is 12.4 Å². The van der Waals surface area contributed by atoms with Crippen molar-refractivity contribution in [1.29, 1.82) is 0 Å². The summed E-state index contributed by atoms with van der Waals surface area (Å²) in [6.07, 6.45) is 0.899. The highest BCUT2D eigenvalue weighted by molar-refractivity contribution is 7.99. The molecule has 0 amide bonds. The van der Waals surface area contributed by atoms with Crippen LogP contribution in [0.1, 0.15) is 23.4 Å². The molecule has 0 saturated heterocycles. The van der Waals surface area contributed by atoms with Gasteiger partial charge in [-0.3, -0.25) is 0 Å². The number of para-hydroxylation sites is 1. The summed E-state index contributed by atoms with van der Waals surface area (Å²) in [4.78, 5) is 0. The van der Waals surface area contributed by atoms with E-state index < -0.39 is 0 Å². The topological polar surface area (TPSA) is 57.4 Å². The molecule has 3 rings (SSSR count). The lowest BCUT2D eigenvalue weighted by Crippen LogP contribution is -1.98. The van der Waals surface area contributed by atoms with Crippen molar-refractivity contribution in [3.05, 3.63) is 65.5 Å². The molecule has 0 atom stereocenters. The molecule has 0 aliphatic carbocycles. The summed E-state index contributed by atoms with van der Waals surface area (Å²) in [6, 6.07) is 15.9. The van der Waals surface area contributed by atoms with Crippen LogP contribution in [0.15, 0.2) is 58.2 Å². The molecule has 26 heavy (non-hydrogen) atoms. The van der Waals surface area contributed by atoms with Gasteiger partial charge in [-0.15, -0.1) is 10.2 Å². The van der Waals surface area contributed by atoms with E-state index in [1.807, 2.05) is 56.3 Å². The van der Waals surface area contributed by atoms with Gasteiger partial charge in [-0.25, -0.2) is 0 Å². The van der Waals surface area contributed by atoms with Gasteiger partial charge in [-0.05, 0) is 49.6 Å². The fourth-order valence-electron chi connectivity index (χ4n) is 2.28. The van der Waals surface area contributed by atoms with Gasteiger partial charge >= 0.3 is 0 Å². The van der Waals surface area contributed by atoms with Crippen LogP contribution in [0, 0.1) is 13.8 Å². The van der Waals surface area contributed by atoms with E-state index in [4.69, 9.17) is 13.9 Å². The molecule has 136 valence electrons. The number of thioether (sulfide) groups is 1. The van der Waals surface area contributed by atoms with Crippen LogP contribution >= 0.6 is 11.8 Å². The lowest BCUT2D eigenvalue weighted by atomic mass is 10.1. The van der Waals surface area contributed by atoms with Crippen molar-refractivity contribution in [2.24, 2.45) is 0 Å². The van der Waals surface area contributed by atoms with Crippen molar-refractivity contribution in [1.82, 2.24) is 10.2 Å². The number of aromatic nitrogens is 2. The van der Waals surface area contributed by atoms with Gasteiger partial charge in [0.1, 0.15) is 11.5 Å². The Labute approximate surface area is 157 Å². The van der Waals surface area contributed by atoms with E-state index >= 15 is 0 Å². The highest BCUT2D eigenvalue weighted by Gasteiger charge is 2.08. The molecule has 6 heteroatoms. The van der Waals surface area contributed by atoms with Crippen molar-refractivity contribution in [3.8, 4) is 11.5 Å². The molecular weight excluding hydrogens is 348 g/mol. The average Bonchev–Trinajstić information content (AvgIpc) is 3.11. The lowest BCUT2D eigenvalue weighted by Gasteiger charge is -2.07. The van der Waals surface area contributed by atoms with Crippen molar-refractivity contribution in [3.63, 3.8) is 0 Å². The summed E-state index contributed by atoms with van der Waals surface area (Å²) < 4.78 is 17.1. The van der Waals surface area contributed by atoms with E-state index in [9.17, 15) is 0 Å². The molecule has 5 nitrogen and oxygen atoms in total. The van der Waals surface area contributed by atoms with Gasteiger partial charge < -0.3 is 13.9 Å². The third kappa shape index (κ3) is 5.52. The van der Waals surface area contributed by atoms with E-state index in [0.29, 0.717) is 17.7 Å². The van der Waals surface area contributed by atoms with Crippen molar-refractivity contribution < 1.29 is 13.9 Å². The zero-order chi connectivity index (χ0) is 18.2. The minimum absolute atomic E-state index is 0.273. The minimum atomic E-state index is 0.273.